The summed E-state index contributed by atoms with van der Waals surface area (Å²) in [4.78, 5) is 11.0. The van der Waals surface area contributed by atoms with E-state index in [1.165, 1.54) is 11.1 Å². The van der Waals surface area contributed by atoms with Crippen LogP contribution in [-0.2, 0) is 30.4 Å². The average Bonchev–Trinajstić information content (AvgIpc) is 2.95. The van der Waals surface area contributed by atoms with E-state index in [4.69, 9.17) is 12.6 Å². The predicted molar refractivity (Wildman–Crippen MR) is 115 cm³/mol. The molecule has 1 unspecified atom stereocenters. The second-order valence-corrected chi connectivity index (χ2v) is 11.3. The molecular formula is C21H27N4NaOS2. The molecule has 2 aliphatic rings. The van der Waals surface area contributed by atoms with Crippen LogP contribution < -0.4 is 39.2 Å². The number of anilines is 1. The second kappa shape index (κ2) is 8.99. The molecule has 1 spiro atoms. The second-order valence-electron chi connectivity index (χ2n) is 8.87. The number of piperidine rings is 1. The van der Waals surface area contributed by atoms with Crippen molar-refractivity contribution >= 4 is 29.8 Å². The van der Waals surface area contributed by atoms with Gasteiger partial charge in [-0.05, 0) is 51.2 Å². The van der Waals surface area contributed by atoms with Crippen molar-refractivity contribution in [2.24, 2.45) is 5.41 Å². The van der Waals surface area contributed by atoms with E-state index < -0.39 is 11.4 Å². The van der Waals surface area contributed by atoms with Crippen molar-refractivity contribution in [1.29, 1.82) is 0 Å². The smallest absolute Gasteiger partial charge is 0.759 e. The van der Waals surface area contributed by atoms with E-state index in [2.05, 4.69) is 43.9 Å². The Labute approximate surface area is 204 Å². The fourth-order valence-corrected chi connectivity index (χ4v) is 5.43. The van der Waals surface area contributed by atoms with E-state index >= 15 is 0 Å². The van der Waals surface area contributed by atoms with Crippen LogP contribution in [0.2, 0.25) is 0 Å². The normalized spacial score (nSPS) is 21.5. The molecule has 2 aromatic rings. The molecule has 2 heterocycles. The van der Waals surface area contributed by atoms with Crippen molar-refractivity contribution in [1.82, 2.24) is 14.7 Å². The maximum absolute atomic E-state index is 12.9. The Morgan fingerprint density at radius 3 is 2.48 bits per heavy atom. The molecule has 0 radical (unpaired) electrons. The van der Waals surface area contributed by atoms with Gasteiger partial charge in [-0.2, -0.15) is 0 Å². The van der Waals surface area contributed by atoms with Crippen molar-refractivity contribution < 1.29 is 34.1 Å². The number of nitrogens with zero attached hydrogens (tertiary/aromatic N) is 3. The zero-order valence-electron chi connectivity index (χ0n) is 17.6. The van der Waals surface area contributed by atoms with Gasteiger partial charge in [0.2, 0.25) is 0 Å². The number of nitrogens with one attached hydrogen (secondary N) is 1. The van der Waals surface area contributed by atoms with Gasteiger partial charge in [-0.1, -0.05) is 29.3 Å². The Balaban J connectivity index is 0.00000240. The molecule has 1 aromatic carbocycles. The summed E-state index contributed by atoms with van der Waals surface area (Å²) in [5.41, 5.74) is 2.78. The molecule has 29 heavy (non-hydrogen) atoms. The third-order valence-corrected chi connectivity index (χ3v) is 7.77. The first kappa shape index (κ1) is 23.3. The monoisotopic (exact) mass is 438 g/mol. The number of fused-ring (bicyclic) bond motifs is 1. The Morgan fingerprint density at radius 1 is 1.17 bits per heavy atom. The predicted octanol–water partition coefficient (Wildman–Crippen LogP) is 0.322. The van der Waals surface area contributed by atoms with Gasteiger partial charge in [0.1, 0.15) is 10.6 Å². The molecule has 1 fully saturated rings. The van der Waals surface area contributed by atoms with Gasteiger partial charge >= 0.3 is 29.6 Å². The van der Waals surface area contributed by atoms with Gasteiger partial charge in [-0.15, -0.1) is 4.72 Å². The Morgan fingerprint density at radius 2 is 1.86 bits per heavy atom. The van der Waals surface area contributed by atoms with E-state index in [0.717, 1.165) is 38.2 Å². The first-order valence-corrected chi connectivity index (χ1v) is 11.3. The zero-order valence-corrected chi connectivity index (χ0v) is 21.3. The van der Waals surface area contributed by atoms with E-state index in [1.54, 1.807) is 12.4 Å². The minimum atomic E-state index is -1.11. The van der Waals surface area contributed by atoms with E-state index in [0.29, 0.717) is 5.03 Å². The third kappa shape index (κ3) is 4.76. The van der Waals surface area contributed by atoms with Crippen LogP contribution in [0, 0.1) is 5.41 Å². The molecule has 4 rings (SSSR count). The van der Waals surface area contributed by atoms with Crippen LogP contribution in [0.3, 0.4) is 0 Å². The van der Waals surface area contributed by atoms with E-state index in [1.807, 2.05) is 20.8 Å². The van der Waals surface area contributed by atoms with Crippen LogP contribution in [0.4, 0.5) is 5.82 Å². The molecule has 0 amide bonds. The summed E-state index contributed by atoms with van der Waals surface area (Å²) in [6.07, 6.45) is 6.51. The SMILES string of the molecule is CC(C)(C)[S+]([O-])N[C@@H]1c2ccccc2CC12CCN(c1cnc([S-])cn1)CC2.[Na+]. The summed E-state index contributed by atoms with van der Waals surface area (Å²) < 4.78 is 16.2. The first-order valence-electron chi connectivity index (χ1n) is 9.78. The van der Waals surface area contributed by atoms with Gasteiger partial charge < -0.3 is 22.1 Å². The van der Waals surface area contributed by atoms with Crippen molar-refractivity contribution in [3.8, 4) is 0 Å². The van der Waals surface area contributed by atoms with Gasteiger partial charge in [0, 0.05) is 36.1 Å². The minimum absolute atomic E-state index is 0. The van der Waals surface area contributed by atoms with E-state index in [9.17, 15) is 4.55 Å². The molecule has 0 saturated carbocycles. The largest absolute Gasteiger partial charge is 1.00 e. The van der Waals surface area contributed by atoms with Gasteiger partial charge in [-0.3, -0.25) is 4.98 Å². The van der Waals surface area contributed by atoms with Gasteiger partial charge in [0.15, 0.2) is 0 Å². The van der Waals surface area contributed by atoms with Crippen molar-refractivity contribution in [2.45, 2.75) is 55.8 Å². The summed E-state index contributed by atoms with van der Waals surface area (Å²) >= 11 is 3.94. The fraction of sp³-hybridized carbons (Fsp3) is 0.524. The van der Waals surface area contributed by atoms with Gasteiger partial charge in [0.25, 0.3) is 0 Å². The van der Waals surface area contributed by atoms with Gasteiger partial charge in [-0.25, -0.2) is 4.98 Å². The van der Waals surface area contributed by atoms with Crippen LogP contribution >= 0.6 is 0 Å². The first-order chi connectivity index (χ1) is 13.3. The molecule has 150 valence electrons. The Hall–Kier alpha value is -0.410. The number of hydrogen-bond donors (Lipinski definition) is 1. The summed E-state index contributed by atoms with van der Waals surface area (Å²) in [6.45, 7) is 7.90. The summed E-state index contributed by atoms with van der Waals surface area (Å²) in [5, 5.41) is 0.525. The molecule has 1 aliphatic carbocycles. The summed E-state index contributed by atoms with van der Waals surface area (Å²) in [5.74, 6) is 0.890. The quantitative estimate of drug-likeness (QED) is 0.423. The molecule has 0 bridgehead atoms. The zero-order chi connectivity index (χ0) is 19.9. The van der Waals surface area contributed by atoms with Crippen LogP contribution in [0.25, 0.3) is 0 Å². The van der Waals surface area contributed by atoms with Crippen LogP contribution in [0.15, 0.2) is 41.7 Å². The average molecular weight is 439 g/mol. The van der Waals surface area contributed by atoms with Crippen LogP contribution in [0.5, 0.6) is 0 Å². The number of hydrogen-bond acceptors (Lipinski definition) is 6. The number of rotatable bonds is 3. The molecule has 1 aliphatic heterocycles. The van der Waals surface area contributed by atoms with Crippen molar-refractivity contribution in [3.63, 3.8) is 0 Å². The molecule has 8 heteroatoms. The molecule has 1 saturated heterocycles. The van der Waals surface area contributed by atoms with Crippen molar-refractivity contribution in [2.75, 3.05) is 18.0 Å². The van der Waals surface area contributed by atoms with Crippen molar-refractivity contribution in [3.05, 3.63) is 47.8 Å². The minimum Gasteiger partial charge on any atom is -0.759 e. The van der Waals surface area contributed by atoms with Crippen LogP contribution in [-0.4, -0.2) is 32.4 Å². The van der Waals surface area contributed by atoms with E-state index in [-0.39, 0.29) is 45.8 Å². The Bertz CT molecular complexity index is 835. The summed E-state index contributed by atoms with van der Waals surface area (Å²) in [7, 11) is 0. The maximum atomic E-state index is 12.9. The number of aromatic nitrogens is 2. The molecule has 1 N–H and O–H groups in total. The molecular weight excluding hydrogens is 411 g/mol. The maximum Gasteiger partial charge on any atom is 1.00 e. The standard InChI is InChI=1S/C21H28N4OS2.Na/c1-20(2,3)28(26)24-19-16-7-5-4-6-15(16)12-21(19)8-10-25(11-9-21)17-13-23-18(27)14-22-17;/h4-7,13-14,19,24H,8-12H2,1-3H3,(H,23,27);/q;+1/p-1/t19-,28?;/m1./s1. The third-order valence-electron chi connectivity index (χ3n) is 6.00. The van der Waals surface area contributed by atoms with Gasteiger partial charge in [0.05, 0.1) is 12.2 Å². The Kier molecular flexibility index (Phi) is 7.21. The summed E-state index contributed by atoms with van der Waals surface area (Å²) in [6, 6.07) is 8.73. The topological polar surface area (TPSA) is 64.1 Å². The van der Waals surface area contributed by atoms with Crippen LogP contribution in [0.1, 0.15) is 50.8 Å². The number of benzene rings is 1. The molecule has 5 nitrogen and oxygen atoms in total. The molecule has 1 aromatic heterocycles. The molecule has 2 atom stereocenters. The fourth-order valence-electron chi connectivity index (χ4n) is 4.38.